The van der Waals surface area contributed by atoms with Gasteiger partial charge in [0, 0.05) is 13.0 Å². The highest BCUT2D eigenvalue weighted by molar-refractivity contribution is 5.86. The van der Waals surface area contributed by atoms with Gasteiger partial charge in [-0.2, -0.15) is 0 Å². The average molecular weight is 252 g/mol. The summed E-state index contributed by atoms with van der Waals surface area (Å²) in [4.78, 5) is 22.8. The molecule has 2 bridgehead atoms. The van der Waals surface area contributed by atoms with E-state index in [1.807, 2.05) is 0 Å². The number of fused-ring (bicyclic) bond motifs is 2. The van der Waals surface area contributed by atoms with E-state index in [0.717, 1.165) is 11.8 Å². The fraction of sp³-hybridized carbons (Fsp3) is 0.857. The van der Waals surface area contributed by atoms with E-state index >= 15 is 0 Å². The first-order chi connectivity index (χ1) is 8.47. The molecule has 0 aromatic rings. The van der Waals surface area contributed by atoms with Crippen molar-refractivity contribution in [3.63, 3.8) is 0 Å². The molecule has 102 valence electrons. The molecule has 4 nitrogen and oxygen atoms in total. The van der Waals surface area contributed by atoms with Crippen LogP contribution in [0.15, 0.2) is 0 Å². The standard InChI is InChI=1S/C14H24N2O2/c1-8(13-7-11-4-5-12(13)6-11)16-14(18)9(2)15-10(3)17/h8-9,11-13H,4-7H2,1-3H3,(H,15,17)(H,16,18). The average Bonchev–Trinajstić information content (AvgIpc) is 2.89. The lowest BCUT2D eigenvalue weighted by molar-refractivity contribution is -0.128. The summed E-state index contributed by atoms with van der Waals surface area (Å²) in [6.07, 6.45) is 5.33. The molecule has 5 atom stereocenters. The normalized spacial score (nSPS) is 32.9. The van der Waals surface area contributed by atoms with Gasteiger partial charge in [0.2, 0.25) is 11.8 Å². The maximum Gasteiger partial charge on any atom is 0.242 e. The number of amides is 2. The van der Waals surface area contributed by atoms with Gasteiger partial charge in [0.15, 0.2) is 0 Å². The molecule has 2 N–H and O–H groups in total. The SMILES string of the molecule is CC(=O)NC(C)C(=O)NC(C)C1CC2CCC1C2. The van der Waals surface area contributed by atoms with E-state index in [1.165, 1.54) is 32.6 Å². The number of rotatable bonds is 4. The molecule has 2 aliphatic carbocycles. The largest absolute Gasteiger partial charge is 0.352 e. The van der Waals surface area contributed by atoms with Crippen molar-refractivity contribution in [3.05, 3.63) is 0 Å². The Kier molecular flexibility index (Phi) is 3.93. The third-order valence-corrected chi connectivity index (χ3v) is 4.62. The minimum Gasteiger partial charge on any atom is -0.352 e. The highest BCUT2D eigenvalue weighted by Crippen LogP contribution is 2.49. The van der Waals surface area contributed by atoms with Gasteiger partial charge in [0.1, 0.15) is 6.04 Å². The maximum absolute atomic E-state index is 11.9. The van der Waals surface area contributed by atoms with E-state index < -0.39 is 6.04 Å². The molecule has 2 rings (SSSR count). The van der Waals surface area contributed by atoms with Gasteiger partial charge in [-0.05, 0) is 50.9 Å². The summed E-state index contributed by atoms with van der Waals surface area (Å²) >= 11 is 0. The number of nitrogens with one attached hydrogen (secondary N) is 2. The predicted molar refractivity (Wildman–Crippen MR) is 69.8 cm³/mol. The lowest BCUT2D eigenvalue weighted by Gasteiger charge is -2.29. The van der Waals surface area contributed by atoms with E-state index in [9.17, 15) is 9.59 Å². The highest BCUT2D eigenvalue weighted by Gasteiger charge is 2.42. The number of hydrogen-bond donors (Lipinski definition) is 2. The van der Waals surface area contributed by atoms with Crippen molar-refractivity contribution in [2.75, 3.05) is 0 Å². The molecule has 2 fully saturated rings. The van der Waals surface area contributed by atoms with E-state index in [4.69, 9.17) is 0 Å². The Morgan fingerprint density at radius 2 is 1.83 bits per heavy atom. The van der Waals surface area contributed by atoms with Crippen LogP contribution in [0.3, 0.4) is 0 Å². The van der Waals surface area contributed by atoms with Gasteiger partial charge >= 0.3 is 0 Å². The van der Waals surface area contributed by atoms with Crippen LogP contribution in [-0.2, 0) is 9.59 Å². The predicted octanol–water partition coefficient (Wildman–Crippen LogP) is 1.45. The molecule has 0 heterocycles. The number of carbonyl (C=O) groups excluding carboxylic acids is 2. The van der Waals surface area contributed by atoms with Crippen molar-refractivity contribution in [1.29, 1.82) is 0 Å². The van der Waals surface area contributed by atoms with Gasteiger partial charge in [-0.25, -0.2) is 0 Å². The van der Waals surface area contributed by atoms with Gasteiger partial charge in [-0.1, -0.05) is 6.42 Å². The fourth-order valence-electron chi connectivity index (χ4n) is 3.73. The molecule has 2 aliphatic rings. The van der Waals surface area contributed by atoms with Crippen LogP contribution in [0.2, 0.25) is 0 Å². The topological polar surface area (TPSA) is 58.2 Å². The summed E-state index contributed by atoms with van der Waals surface area (Å²) < 4.78 is 0. The van der Waals surface area contributed by atoms with E-state index in [-0.39, 0.29) is 17.9 Å². The van der Waals surface area contributed by atoms with Gasteiger partial charge in [-0.15, -0.1) is 0 Å². The molecule has 0 aliphatic heterocycles. The molecule has 18 heavy (non-hydrogen) atoms. The van der Waals surface area contributed by atoms with Crippen molar-refractivity contribution < 1.29 is 9.59 Å². The fourth-order valence-corrected chi connectivity index (χ4v) is 3.73. The zero-order chi connectivity index (χ0) is 13.3. The van der Waals surface area contributed by atoms with Crippen molar-refractivity contribution in [3.8, 4) is 0 Å². The molecule has 2 saturated carbocycles. The number of hydrogen-bond acceptors (Lipinski definition) is 2. The lowest BCUT2D eigenvalue weighted by Crippen LogP contribution is -2.49. The smallest absolute Gasteiger partial charge is 0.242 e. The second kappa shape index (κ2) is 5.29. The van der Waals surface area contributed by atoms with Crippen LogP contribution in [0.4, 0.5) is 0 Å². The molecule has 2 amide bonds. The van der Waals surface area contributed by atoms with Gasteiger partial charge in [0.05, 0.1) is 0 Å². The van der Waals surface area contributed by atoms with Crippen molar-refractivity contribution in [2.24, 2.45) is 17.8 Å². The Labute approximate surface area is 109 Å². The molecule has 4 heteroatoms. The van der Waals surface area contributed by atoms with Gasteiger partial charge < -0.3 is 10.6 Å². The van der Waals surface area contributed by atoms with Crippen LogP contribution >= 0.6 is 0 Å². The van der Waals surface area contributed by atoms with Crippen molar-refractivity contribution in [2.45, 2.75) is 58.5 Å². The Morgan fingerprint density at radius 1 is 1.11 bits per heavy atom. The van der Waals surface area contributed by atoms with Crippen molar-refractivity contribution >= 4 is 11.8 Å². The molecule has 5 unspecified atom stereocenters. The molecule has 0 aromatic carbocycles. The highest BCUT2D eigenvalue weighted by atomic mass is 16.2. The minimum atomic E-state index is -0.441. The lowest BCUT2D eigenvalue weighted by atomic mass is 9.84. The molecule has 0 saturated heterocycles. The first-order valence-corrected chi connectivity index (χ1v) is 7.05. The second-order valence-electron chi connectivity index (χ2n) is 6.06. The van der Waals surface area contributed by atoms with Crippen LogP contribution < -0.4 is 10.6 Å². The summed E-state index contributed by atoms with van der Waals surface area (Å²) in [7, 11) is 0. The quantitative estimate of drug-likeness (QED) is 0.795. The molecule has 0 aromatic heterocycles. The van der Waals surface area contributed by atoms with E-state index in [0.29, 0.717) is 5.92 Å². The van der Waals surface area contributed by atoms with Crippen LogP contribution in [0, 0.1) is 17.8 Å². The minimum absolute atomic E-state index is 0.0690. The Hall–Kier alpha value is -1.06. The van der Waals surface area contributed by atoms with Crippen LogP contribution in [0.5, 0.6) is 0 Å². The third kappa shape index (κ3) is 2.85. The second-order valence-corrected chi connectivity index (χ2v) is 6.06. The summed E-state index contributed by atoms with van der Waals surface area (Å²) in [6.45, 7) is 5.26. The zero-order valence-corrected chi connectivity index (χ0v) is 11.5. The summed E-state index contributed by atoms with van der Waals surface area (Å²) in [6, 6.07) is -0.215. The third-order valence-electron chi connectivity index (χ3n) is 4.62. The van der Waals surface area contributed by atoms with Crippen molar-refractivity contribution in [1.82, 2.24) is 10.6 Å². The van der Waals surface area contributed by atoms with Gasteiger partial charge in [-0.3, -0.25) is 9.59 Å². The Bertz CT molecular complexity index is 343. The molecule has 0 spiro atoms. The van der Waals surface area contributed by atoms with Gasteiger partial charge in [0.25, 0.3) is 0 Å². The first kappa shape index (κ1) is 13.4. The van der Waals surface area contributed by atoms with Crippen LogP contribution in [-0.4, -0.2) is 23.9 Å². The zero-order valence-electron chi connectivity index (χ0n) is 11.5. The summed E-state index contributed by atoms with van der Waals surface area (Å²) in [5, 5.41) is 5.68. The molecular weight excluding hydrogens is 228 g/mol. The van der Waals surface area contributed by atoms with E-state index in [1.54, 1.807) is 6.92 Å². The summed E-state index contributed by atoms with van der Waals surface area (Å²) in [5.74, 6) is 2.11. The van der Waals surface area contributed by atoms with Crippen LogP contribution in [0.1, 0.15) is 46.5 Å². The van der Waals surface area contributed by atoms with E-state index in [2.05, 4.69) is 17.6 Å². The molecule has 0 radical (unpaired) electrons. The maximum atomic E-state index is 11.9. The Morgan fingerprint density at radius 3 is 2.33 bits per heavy atom. The summed E-state index contributed by atoms with van der Waals surface area (Å²) in [5.41, 5.74) is 0. The number of carbonyl (C=O) groups is 2. The monoisotopic (exact) mass is 252 g/mol. The Balaban J connectivity index is 1.82. The van der Waals surface area contributed by atoms with Crippen LogP contribution in [0.25, 0.3) is 0 Å². The first-order valence-electron chi connectivity index (χ1n) is 7.05. The molecular formula is C14H24N2O2.